The topological polar surface area (TPSA) is 47.6 Å². The van der Waals surface area contributed by atoms with Crippen LogP contribution in [0.4, 0.5) is 10.1 Å². The molecule has 24 heavy (non-hydrogen) atoms. The minimum atomic E-state index is -0.328. The van der Waals surface area contributed by atoms with Crippen LogP contribution in [0.3, 0.4) is 0 Å². The number of anilines is 1. The molecule has 126 valence electrons. The zero-order chi connectivity index (χ0) is 16.9. The molecule has 0 atom stereocenters. The second-order valence-corrected chi connectivity index (χ2v) is 6.98. The molecule has 2 aromatic carbocycles. The zero-order valence-electron chi connectivity index (χ0n) is 12.7. The van der Waals surface area contributed by atoms with E-state index in [0.717, 1.165) is 21.5 Å². The highest BCUT2D eigenvalue weighted by molar-refractivity contribution is 9.10. The Balaban J connectivity index is 1.52. The number of fused-ring (bicyclic) bond motifs is 1. The monoisotopic (exact) mass is 411 g/mol. The summed E-state index contributed by atoms with van der Waals surface area (Å²) in [6.45, 7) is 1.10. The quantitative estimate of drug-likeness (QED) is 0.799. The average molecular weight is 412 g/mol. The van der Waals surface area contributed by atoms with E-state index in [1.165, 1.54) is 36.0 Å². The molecule has 7 heteroatoms. The lowest BCUT2D eigenvalue weighted by Gasteiger charge is -2.19. The SMILES string of the molecule is O=C(CSCc1cc2c(cc1Br)OCCO2)Nc1ccc(F)cc1. The van der Waals surface area contributed by atoms with Gasteiger partial charge in [0, 0.05) is 15.9 Å². The summed E-state index contributed by atoms with van der Waals surface area (Å²) >= 11 is 5.01. The largest absolute Gasteiger partial charge is 0.486 e. The molecular weight excluding hydrogens is 397 g/mol. The van der Waals surface area contributed by atoms with Gasteiger partial charge in [-0.05, 0) is 42.0 Å². The van der Waals surface area contributed by atoms with Crippen molar-refractivity contribution in [1.29, 1.82) is 0 Å². The lowest BCUT2D eigenvalue weighted by molar-refractivity contribution is -0.113. The van der Waals surface area contributed by atoms with Gasteiger partial charge in [0.2, 0.25) is 5.91 Å². The van der Waals surface area contributed by atoms with E-state index in [1.807, 2.05) is 12.1 Å². The van der Waals surface area contributed by atoms with Gasteiger partial charge in [0.15, 0.2) is 11.5 Å². The Morgan fingerprint density at radius 2 is 1.83 bits per heavy atom. The first kappa shape index (κ1) is 17.1. The highest BCUT2D eigenvalue weighted by atomic mass is 79.9. The van der Waals surface area contributed by atoms with E-state index >= 15 is 0 Å². The Hall–Kier alpha value is -1.73. The first-order valence-corrected chi connectivity index (χ1v) is 9.28. The maximum Gasteiger partial charge on any atom is 0.234 e. The van der Waals surface area contributed by atoms with Gasteiger partial charge in [-0.2, -0.15) is 0 Å². The first-order valence-electron chi connectivity index (χ1n) is 7.33. The van der Waals surface area contributed by atoms with Crippen LogP contribution in [-0.4, -0.2) is 24.9 Å². The number of nitrogens with one attached hydrogen (secondary N) is 1. The summed E-state index contributed by atoms with van der Waals surface area (Å²) < 4.78 is 24.9. The predicted molar refractivity (Wildman–Crippen MR) is 96.3 cm³/mol. The minimum Gasteiger partial charge on any atom is -0.486 e. The second kappa shape index (κ2) is 7.90. The molecule has 1 aliphatic rings. The van der Waals surface area contributed by atoms with Crippen LogP contribution < -0.4 is 14.8 Å². The van der Waals surface area contributed by atoms with Gasteiger partial charge in [-0.1, -0.05) is 15.9 Å². The third-order valence-electron chi connectivity index (χ3n) is 3.33. The van der Waals surface area contributed by atoms with Gasteiger partial charge in [0.1, 0.15) is 19.0 Å². The van der Waals surface area contributed by atoms with Crippen molar-refractivity contribution in [1.82, 2.24) is 0 Å². The molecule has 3 rings (SSSR count). The maximum absolute atomic E-state index is 12.8. The summed E-state index contributed by atoms with van der Waals surface area (Å²) in [5, 5.41) is 2.74. The Morgan fingerprint density at radius 1 is 1.17 bits per heavy atom. The van der Waals surface area contributed by atoms with Gasteiger partial charge >= 0.3 is 0 Å². The predicted octanol–water partition coefficient (Wildman–Crippen LogP) is 4.23. The van der Waals surface area contributed by atoms with Gasteiger partial charge in [-0.15, -0.1) is 11.8 Å². The van der Waals surface area contributed by atoms with Gasteiger partial charge in [0.05, 0.1) is 5.75 Å². The van der Waals surface area contributed by atoms with Crippen molar-refractivity contribution in [2.45, 2.75) is 5.75 Å². The van der Waals surface area contributed by atoms with Crippen molar-refractivity contribution in [2.24, 2.45) is 0 Å². The van der Waals surface area contributed by atoms with Crippen molar-refractivity contribution in [3.05, 3.63) is 52.3 Å². The molecular formula is C17H15BrFNO3S. The fourth-order valence-corrected chi connectivity index (χ4v) is 3.67. The summed E-state index contributed by atoms with van der Waals surface area (Å²) in [6, 6.07) is 9.53. The molecule has 0 radical (unpaired) electrons. The molecule has 1 heterocycles. The Bertz CT molecular complexity index is 739. The molecule has 1 N–H and O–H groups in total. The summed E-state index contributed by atoms with van der Waals surface area (Å²) in [5.74, 6) is 1.98. The minimum absolute atomic E-state index is 0.125. The van der Waals surface area contributed by atoms with E-state index < -0.39 is 0 Å². The van der Waals surface area contributed by atoms with Gasteiger partial charge < -0.3 is 14.8 Å². The summed E-state index contributed by atoms with van der Waals surface area (Å²) in [7, 11) is 0. The number of halogens is 2. The number of hydrogen-bond acceptors (Lipinski definition) is 4. The Kier molecular flexibility index (Phi) is 5.63. The van der Waals surface area contributed by atoms with Crippen molar-refractivity contribution in [3.8, 4) is 11.5 Å². The van der Waals surface area contributed by atoms with Crippen LogP contribution in [0.2, 0.25) is 0 Å². The van der Waals surface area contributed by atoms with Crippen molar-refractivity contribution in [2.75, 3.05) is 24.3 Å². The lowest BCUT2D eigenvalue weighted by atomic mass is 10.2. The van der Waals surface area contributed by atoms with Crippen molar-refractivity contribution >= 4 is 39.3 Å². The van der Waals surface area contributed by atoms with Crippen LogP contribution in [0.5, 0.6) is 11.5 Å². The van der Waals surface area contributed by atoms with Crippen molar-refractivity contribution in [3.63, 3.8) is 0 Å². The maximum atomic E-state index is 12.8. The number of rotatable bonds is 5. The van der Waals surface area contributed by atoms with Crippen LogP contribution in [0.1, 0.15) is 5.56 Å². The summed E-state index contributed by atoms with van der Waals surface area (Å²) in [5.41, 5.74) is 1.63. The molecule has 0 aliphatic carbocycles. The van der Waals surface area contributed by atoms with E-state index in [0.29, 0.717) is 30.4 Å². The number of benzene rings is 2. The van der Waals surface area contributed by atoms with Gasteiger partial charge in [-0.25, -0.2) is 4.39 Å². The smallest absolute Gasteiger partial charge is 0.234 e. The van der Waals surface area contributed by atoms with E-state index in [9.17, 15) is 9.18 Å². The third-order valence-corrected chi connectivity index (χ3v) is 5.05. The second-order valence-electron chi connectivity index (χ2n) is 5.14. The van der Waals surface area contributed by atoms with Crippen LogP contribution in [0.15, 0.2) is 40.9 Å². The number of carbonyl (C=O) groups excluding carboxylic acids is 1. The molecule has 0 spiro atoms. The number of carbonyl (C=O) groups is 1. The molecule has 0 fully saturated rings. The fraction of sp³-hybridized carbons (Fsp3) is 0.235. The van der Waals surface area contributed by atoms with Crippen LogP contribution in [0, 0.1) is 5.82 Å². The molecule has 2 aromatic rings. The highest BCUT2D eigenvalue weighted by Gasteiger charge is 2.15. The van der Waals surface area contributed by atoms with Crippen LogP contribution in [-0.2, 0) is 10.5 Å². The normalized spacial score (nSPS) is 12.8. The first-order chi connectivity index (χ1) is 11.6. The number of amides is 1. The molecule has 4 nitrogen and oxygen atoms in total. The standard InChI is InChI=1S/C17H15BrFNO3S/c18-14-8-16-15(22-5-6-23-16)7-11(14)9-24-10-17(21)20-13-3-1-12(19)2-4-13/h1-4,7-8H,5-6,9-10H2,(H,20,21). The third kappa shape index (κ3) is 4.42. The average Bonchev–Trinajstić information content (AvgIpc) is 2.57. The molecule has 1 amide bonds. The van der Waals surface area contributed by atoms with Gasteiger partial charge in [0.25, 0.3) is 0 Å². The zero-order valence-corrected chi connectivity index (χ0v) is 15.1. The number of thioether (sulfide) groups is 1. The lowest BCUT2D eigenvalue weighted by Crippen LogP contribution is -2.15. The van der Waals surface area contributed by atoms with E-state index in [-0.39, 0.29) is 11.7 Å². The van der Waals surface area contributed by atoms with Gasteiger partial charge in [-0.3, -0.25) is 4.79 Å². The van der Waals surface area contributed by atoms with Crippen molar-refractivity contribution < 1.29 is 18.7 Å². The fourth-order valence-electron chi connectivity index (χ4n) is 2.20. The number of ether oxygens (including phenoxy) is 2. The van der Waals surface area contributed by atoms with E-state index in [1.54, 1.807) is 0 Å². The van der Waals surface area contributed by atoms with E-state index in [4.69, 9.17) is 9.47 Å². The molecule has 1 aliphatic heterocycles. The Labute approximate surface area is 151 Å². The van der Waals surface area contributed by atoms with Crippen LogP contribution in [0.25, 0.3) is 0 Å². The molecule has 0 saturated carbocycles. The molecule has 0 saturated heterocycles. The van der Waals surface area contributed by atoms with Crippen LogP contribution >= 0.6 is 27.7 Å². The van der Waals surface area contributed by atoms with E-state index in [2.05, 4.69) is 21.2 Å². The Morgan fingerprint density at radius 3 is 2.54 bits per heavy atom. The highest BCUT2D eigenvalue weighted by Crippen LogP contribution is 2.36. The molecule has 0 unspecified atom stereocenters. The summed E-state index contributed by atoms with van der Waals surface area (Å²) in [6.07, 6.45) is 0. The number of hydrogen-bond donors (Lipinski definition) is 1. The summed E-state index contributed by atoms with van der Waals surface area (Å²) in [4.78, 5) is 11.9. The molecule has 0 aromatic heterocycles. The molecule has 0 bridgehead atoms.